The summed E-state index contributed by atoms with van der Waals surface area (Å²) in [5.74, 6) is -1.89. The Labute approximate surface area is 128 Å². The molecule has 0 bridgehead atoms. The summed E-state index contributed by atoms with van der Waals surface area (Å²) in [6.07, 6.45) is -4.85. The van der Waals surface area contributed by atoms with Gasteiger partial charge in [0.25, 0.3) is 0 Å². The fourth-order valence-electron chi connectivity index (χ4n) is 2.04. The Balaban J connectivity index is 2.07. The number of rotatable bonds is 1. The fourth-order valence-corrected chi connectivity index (χ4v) is 2.27. The number of alkyl halides is 3. The van der Waals surface area contributed by atoms with Crippen molar-refractivity contribution in [1.29, 1.82) is 0 Å². The molecule has 1 aliphatic rings. The maximum absolute atomic E-state index is 12.5. The summed E-state index contributed by atoms with van der Waals surface area (Å²) >= 11 is 5.69. The molecule has 1 aliphatic heterocycles. The molecule has 1 aromatic rings. The van der Waals surface area contributed by atoms with Crippen LogP contribution in [0.15, 0.2) is 18.2 Å². The molecule has 2 rings (SSSR count). The third-order valence-electron chi connectivity index (χ3n) is 3.19. The molecule has 2 amide bonds. The molecule has 0 saturated carbocycles. The maximum atomic E-state index is 12.5. The van der Waals surface area contributed by atoms with E-state index in [4.69, 9.17) is 11.6 Å². The SMILES string of the molecule is O=C(Nc1ccc(C(F)(F)F)cc1Cl)C(=O)N1CC[C@@H](O)C1. The number of β-amino-alcohol motifs (C(OH)–C–C–N with tert-alkyl or cyclic N) is 1. The second-order valence-corrected chi connectivity index (χ2v) is 5.25. The zero-order valence-electron chi connectivity index (χ0n) is 11.2. The van der Waals surface area contributed by atoms with Crippen molar-refractivity contribution in [2.45, 2.75) is 18.7 Å². The van der Waals surface area contributed by atoms with Crippen LogP contribution in [0.3, 0.4) is 0 Å². The van der Waals surface area contributed by atoms with Crippen molar-refractivity contribution >= 4 is 29.1 Å². The molecule has 0 unspecified atom stereocenters. The highest BCUT2D eigenvalue weighted by atomic mass is 35.5. The highest BCUT2D eigenvalue weighted by Crippen LogP contribution is 2.33. The smallest absolute Gasteiger partial charge is 0.391 e. The largest absolute Gasteiger partial charge is 0.416 e. The molecule has 0 aliphatic carbocycles. The minimum Gasteiger partial charge on any atom is -0.391 e. The lowest BCUT2D eigenvalue weighted by Gasteiger charge is -2.15. The zero-order chi connectivity index (χ0) is 16.5. The predicted molar refractivity (Wildman–Crippen MR) is 72.3 cm³/mol. The third kappa shape index (κ3) is 3.69. The van der Waals surface area contributed by atoms with Crippen molar-refractivity contribution in [3.05, 3.63) is 28.8 Å². The molecule has 5 nitrogen and oxygen atoms in total. The van der Waals surface area contributed by atoms with Gasteiger partial charge in [-0.05, 0) is 24.6 Å². The van der Waals surface area contributed by atoms with Crippen LogP contribution >= 0.6 is 11.6 Å². The van der Waals surface area contributed by atoms with Crippen LogP contribution in [0.5, 0.6) is 0 Å². The van der Waals surface area contributed by atoms with Crippen LogP contribution in [0.25, 0.3) is 0 Å². The van der Waals surface area contributed by atoms with E-state index in [1.165, 1.54) is 0 Å². The van der Waals surface area contributed by atoms with E-state index in [0.29, 0.717) is 12.5 Å². The number of nitrogens with one attached hydrogen (secondary N) is 1. The van der Waals surface area contributed by atoms with Gasteiger partial charge in [-0.1, -0.05) is 11.6 Å². The Bertz CT molecular complexity index is 607. The highest BCUT2D eigenvalue weighted by molar-refractivity contribution is 6.41. The zero-order valence-corrected chi connectivity index (χ0v) is 11.9. The molecule has 1 saturated heterocycles. The number of anilines is 1. The molecule has 9 heteroatoms. The number of carbonyl (C=O) groups excluding carboxylic acids is 2. The highest BCUT2D eigenvalue weighted by Gasteiger charge is 2.32. The van der Waals surface area contributed by atoms with Crippen molar-refractivity contribution in [2.24, 2.45) is 0 Å². The van der Waals surface area contributed by atoms with E-state index in [1.807, 2.05) is 0 Å². The first kappa shape index (κ1) is 16.6. The van der Waals surface area contributed by atoms with Crippen LogP contribution in [0.1, 0.15) is 12.0 Å². The first-order chi connectivity index (χ1) is 10.2. The number of hydrogen-bond donors (Lipinski definition) is 2. The number of nitrogens with zero attached hydrogens (tertiary/aromatic N) is 1. The molecule has 0 spiro atoms. The van der Waals surface area contributed by atoms with Crippen molar-refractivity contribution in [2.75, 3.05) is 18.4 Å². The van der Waals surface area contributed by atoms with E-state index < -0.39 is 29.7 Å². The van der Waals surface area contributed by atoms with E-state index in [2.05, 4.69) is 5.32 Å². The summed E-state index contributed by atoms with van der Waals surface area (Å²) in [5.41, 5.74) is -1.04. The van der Waals surface area contributed by atoms with Crippen LogP contribution in [-0.2, 0) is 15.8 Å². The lowest BCUT2D eigenvalue weighted by atomic mass is 10.2. The number of aliphatic hydroxyl groups is 1. The van der Waals surface area contributed by atoms with Crippen LogP contribution < -0.4 is 5.32 Å². The Morgan fingerprint density at radius 1 is 1.36 bits per heavy atom. The Morgan fingerprint density at radius 3 is 2.55 bits per heavy atom. The molecule has 0 radical (unpaired) electrons. The monoisotopic (exact) mass is 336 g/mol. The van der Waals surface area contributed by atoms with E-state index >= 15 is 0 Å². The first-order valence-corrected chi connectivity index (χ1v) is 6.71. The van der Waals surface area contributed by atoms with E-state index in [-0.39, 0.29) is 23.8 Å². The minimum absolute atomic E-state index is 0.0486. The molecule has 1 heterocycles. The third-order valence-corrected chi connectivity index (χ3v) is 3.50. The van der Waals surface area contributed by atoms with E-state index in [1.54, 1.807) is 0 Å². The van der Waals surface area contributed by atoms with Crippen LogP contribution in [0.2, 0.25) is 5.02 Å². The van der Waals surface area contributed by atoms with Crippen LogP contribution in [0, 0.1) is 0 Å². The molecular formula is C13H12ClF3N2O3. The topological polar surface area (TPSA) is 69.6 Å². The van der Waals surface area contributed by atoms with E-state index in [9.17, 15) is 27.9 Å². The average molecular weight is 337 g/mol. The second kappa shape index (κ2) is 6.13. The van der Waals surface area contributed by atoms with Crippen LogP contribution in [0.4, 0.5) is 18.9 Å². The van der Waals surface area contributed by atoms with E-state index in [0.717, 1.165) is 17.0 Å². The molecule has 1 aromatic carbocycles. The number of likely N-dealkylation sites (tertiary alicyclic amines) is 1. The lowest BCUT2D eigenvalue weighted by molar-refractivity contribution is -0.142. The average Bonchev–Trinajstić information content (AvgIpc) is 2.85. The number of halogens is 4. The standard InChI is InChI=1S/C13H12ClF3N2O3/c14-9-5-7(13(15,16)17)1-2-10(9)18-11(21)12(22)19-4-3-8(20)6-19/h1-2,5,8,20H,3-4,6H2,(H,18,21)/t8-/m1/s1. The molecule has 22 heavy (non-hydrogen) atoms. The number of benzene rings is 1. The second-order valence-electron chi connectivity index (χ2n) is 4.84. The van der Waals surface area contributed by atoms with Gasteiger partial charge < -0.3 is 15.3 Å². The summed E-state index contributed by atoms with van der Waals surface area (Å²) in [6, 6.07) is 2.40. The van der Waals surface area contributed by atoms with Gasteiger partial charge in [-0.2, -0.15) is 13.2 Å². The van der Waals surface area contributed by atoms with Crippen molar-refractivity contribution in [3.8, 4) is 0 Å². The Kier molecular flexibility index (Phi) is 4.62. The van der Waals surface area contributed by atoms with Gasteiger partial charge in [0.2, 0.25) is 0 Å². The van der Waals surface area contributed by atoms with Crippen LogP contribution in [-0.4, -0.2) is 41.0 Å². The normalized spacial score (nSPS) is 18.4. The molecule has 1 atom stereocenters. The number of amides is 2. The predicted octanol–water partition coefficient (Wildman–Crippen LogP) is 1.89. The lowest BCUT2D eigenvalue weighted by Crippen LogP contribution is -2.38. The van der Waals surface area contributed by atoms with Crippen molar-refractivity contribution in [1.82, 2.24) is 4.90 Å². The molecule has 2 N–H and O–H groups in total. The molecule has 0 aromatic heterocycles. The molecule has 120 valence electrons. The van der Waals surface area contributed by atoms with Gasteiger partial charge in [-0.15, -0.1) is 0 Å². The molecular weight excluding hydrogens is 325 g/mol. The summed E-state index contributed by atoms with van der Waals surface area (Å²) < 4.78 is 37.5. The summed E-state index contributed by atoms with van der Waals surface area (Å²) in [4.78, 5) is 24.8. The first-order valence-electron chi connectivity index (χ1n) is 6.33. The molecule has 1 fully saturated rings. The van der Waals surface area contributed by atoms with Gasteiger partial charge in [0.1, 0.15) is 0 Å². The Morgan fingerprint density at radius 2 is 2.05 bits per heavy atom. The quantitative estimate of drug-likeness (QED) is 0.769. The van der Waals surface area contributed by atoms with Gasteiger partial charge in [0, 0.05) is 13.1 Å². The fraction of sp³-hybridized carbons (Fsp3) is 0.385. The maximum Gasteiger partial charge on any atom is 0.416 e. The number of hydrogen-bond acceptors (Lipinski definition) is 3. The van der Waals surface area contributed by atoms with Gasteiger partial charge in [-0.25, -0.2) is 0 Å². The minimum atomic E-state index is -4.55. The van der Waals surface area contributed by atoms with Crippen molar-refractivity contribution in [3.63, 3.8) is 0 Å². The summed E-state index contributed by atoms with van der Waals surface area (Å²) in [5, 5.41) is 11.2. The van der Waals surface area contributed by atoms with Crippen molar-refractivity contribution < 1.29 is 27.9 Å². The summed E-state index contributed by atoms with van der Waals surface area (Å²) in [7, 11) is 0. The van der Waals surface area contributed by atoms with Gasteiger partial charge >= 0.3 is 18.0 Å². The summed E-state index contributed by atoms with van der Waals surface area (Å²) in [6.45, 7) is 0.293. The Hall–Kier alpha value is -1.80. The number of carbonyl (C=O) groups is 2. The van der Waals surface area contributed by atoms with Gasteiger partial charge in [-0.3, -0.25) is 9.59 Å². The van der Waals surface area contributed by atoms with Gasteiger partial charge in [0.15, 0.2) is 0 Å². The number of aliphatic hydroxyl groups excluding tert-OH is 1. The van der Waals surface area contributed by atoms with Gasteiger partial charge in [0.05, 0.1) is 22.4 Å².